The third kappa shape index (κ3) is 2.63. The molecule has 1 atom stereocenters. The van der Waals surface area contributed by atoms with Crippen LogP contribution in [-0.4, -0.2) is 22.8 Å². The first kappa shape index (κ1) is 8.73. The van der Waals surface area contributed by atoms with E-state index in [1.165, 1.54) is 24.6 Å². The molecule has 2 nitrogen and oxygen atoms in total. The number of imidazole rings is 1. The fourth-order valence-electron chi connectivity index (χ4n) is 0.967. The number of unbranched alkanes of at least 4 members (excludes halogenated alkanes) is 1. The Labute approximate surface area is 69.2 Å². The lowest BCUT2D eigenvalue weighted by molar-refractivity contribution is 0.892. The summed E-state index contributed by atoms with van der Waals surface area (Å²) in [4.78, 5) is 7.41. The molecule has 0 spiro atoms. The first-order valence-electron chi connectivity index (χ1n) is 4.05. The van der Waals surface area contributed by atoms with E-state index in [4.69, 9.17) is 0 Å². The number of H-pyrrole nitrogens is 1. The molecule has 1 unspecified atom stereocenters. The van der Waals surface area contributed by atoms with Crippen molar-refractivity contribution in [2.24, 2.45) is 0 Å². The van der Waals surface area contributed by atoms with Crippen molar-refractivity contribution in [2.45, 2.75) is 19.8 Å². The number of nitrogens with one attached hydrogen (secondary N) is 1. The van der Waals surface area contributed by atoms with Crippen molar-refractivity contribution in [1.29, 1.82) is 0 Å². The Hall–Kier alpha value is -0.360. The fraction of sp³-hybridized carbons (Fsp3) is 0.625. The summed E-state index contributed by atoms with van der Waals surface area (Å²) < 4.78 is 0. The molecule has 11 heavy (non-hydrogen) atoms. The van der Waals surface area contributed by atoms with E-state index < -0.39 is 0 Å². The molecule has 1 heterocycles. The Bertz CT molecular complexity index is 184. The van der Waals surface area contributed by atoms with Gasteiger partial charge in [-0.05, 0) is 27.2 Å². The zero-order valence-corrected chi connectivity index (χ0v) is 8.06. The summed E-state index contributed by atoms with van der Waals surface area (Å²) in [7, 11) is -0.0112. The van der Waals surface area contributed by atoms with Crippen LogP contribution < -0.4 is 5.57 Å². The van der Waals surface area contributed by atoms with E-state index in [0.717, 1.165) is 0 Å². The maximum absolute atomic E-state index is 4.24. The first-order chi connectivity index (χ1) is 5.34. The van der Waals surface area contributed by atoms with Gasteiger partial charge in [0.25, 0.3) is 0 Å². The van der Waals surface area contributed by atoms with E-state index in [-0.39, 0.29) is 7.92 Å². The third-order valence-corrected chi connectivity index (χ3v) is 3.65. The molecule has 0 aromatic carbocycles. The van der Waals surface area contributed by atoms with Crippen LogP contribution in [0.5, 0.6) is 0 Å². The van der Waals surface area contributed by atoms with Gasteiger partial charge in [0.1, 0.15) is 5.57 Å². The summed E-state index contributed by atoms with van der Waals surface area (Å²) >= 11 is 0. The van der Waals surface area contributed by atoms with E-state index >= 15 is 0 Å². The number of hydrogen-bond acceptors (Lipinski definition) is 1. The molecular formula is C8H15N2P. The third-order valence-electron chi connectivity index (χ3n) is 1.69. The van der Waals surface area contributed by atoms with Gasteiger partial charge in [0, 0.05) is 12.4 Å². The summed E-state index contributed by atoms with van der Waals surface area (Å²) in [5.41, 5.74) is 1.19. The molecule has 0 aliphatic rings. The molecule has 0 aliphatic heterocycles. The second-order valence-corrected chi connectivity index (χ2v) is 4.95. The Morgan fingerprint density at radius 3 is 3.00 bits per heavy atom. The predicted molar refractivity (Wildman–Crippen MR) is 50.8 cm³/mol. The zero-order chi connectivity index (χ0) is 8.10. The molecule has 1 N–H and O–H groups in total. The molecule has 1 aromatic heterocycles. The molecular weight excluding hydrogens is 155 g/mol. The summed E-state index contributed by atoms with van der Waals surface area (Å²) in [6.07, 6.45) is 7.65. The van der Waals surface area contributed by atoms with E-state index in [9.17, 15) is 0 Å². The van der Waals surface area contributed by atoms with Crippen molar-refractivity contribution in [2.75, 3.05) is 12.8 Å². The highest BCUT2D eigenvalue weighted by atomic mass is 31.1. The van der Waals surface area contributed by atoms with Crippen molar-refractivity contribution in [1.82, 2.24) is 9.97 Å². The second kappa shape index (κ2) is 4.50. The summed E-state index contributed by atoms with van der Waals surface area (Å²) in [5, 5.41) is 0. The SMILES string of the molecule is CCCCP(C)c1ncc[nH]1. The lowest BCUT2D eigenvalue weighted by Gasteiger charge is -2.06. The maximum Gasteiger partial charge on any atom is 0.128 e. The maximum atomic E-state index is 4.24. The molecule has 0 amide bonds. The molecule has 0 fully saturated rings. The van der Waals surface area contributed by atoms with Crippen LogP contribution in [0, 0.1) is 0 Å². The second-order valence-electron chi connectivity index (χ2n) is 2.69. The predicted octanol–water partition coefficient (Wildman–Crippen LogP) is 1.95. The van der Waals surface area contributed by atoms with Crippen molar-refractivity contribution in [3.63, 3.8) is 0 Å². The number of hydrogen-bond donors (Lipinski definition) is 1. The molecule has 0 radical (unpaired) electrons. The van der Waals surface area contributed by atoms with E-state index in [1.54, 1.807) is 0 Å². The average molecular weight is 170 g/mol. The average Bonchev–Trinajstić information content (AvgIpc) is 2.52. The van der Waals surface area contributed by atoms with Crippen molar-refractivity contribution in [3.05, 3.63) is 12.4 Å². The summed E-state index contributed by atoms with van der Waals surface area (Å²) in [6, 6.07) is 0. The lowest BCUT2D eigenvalue weighted by atomic mass is 10.4. The van der Waals surface area contributed by atoms with Gasteiger partial charge < -0.3 is 4.98 Å². The highest BCUT2D eigenvalue weighted by Crippen LogP contribution is 2.28. The normalized spacial score (nSPS) is 13.3. The smallest absolute Gasteiger partial charge is 0.128 e. The van der Waals surface area contributed by atoms with Gasteiger partial charge in [-0.2, -0.15) is 0 Å². The minimum atomic E-state index is -0.0112. The van der Waals surface area contributed by atoms with Crippen molar-refractivity contribution < 1.29 is 0 Å². The van der Waals surface area contributed by atoms with Gasteiger partial charge in [-0.25, -0.2) is 4.98 Å². The van der Waals surface area contributed by atoms with Crippen LogP contribution in [0.4, 0.5) is 0 Å². The number of nitrogens with zero attached hydrogens (tertiary/aromatic N) is 1. The molecule has 0 saturated heterocycles. The summed E-state index contributed by atoms with van der Waals surface area (Å²) in [6.45, 7) is 4.51. The molecule has 1 aromatic rings. The van der Waals surface area contributed by atoms with Crippen LogP contribution in [0.15, 0.2) is 12.4 Å². The van der Waals surface area contributed by atoms with Gasteiger partial charge in [0.2, 0.25) is 0 Å². The van der Waals surface area contributed by atoms with Crippen LogP contribution in [0.2, 0.25) is 0 Å². The quantitative estimate of drug-likeness (QED) is 0.687. The van der Waals surface area contributed by atoms with Crippen LogP contribution in [-0.2, 0) is 0 Å². The number of rotatable bonds is 4. The zero-order valence-electron chi connectivity index (χ0n) is 7.17. The van der Waals surface area contributed by atoms with E-state index in [1.807, 2.05) is 12.4 Å². The van der Waals surface area contributed by atoms with Crippen LogP contribution in [0.1, 0.15) is 19.8 Å². The monoisotopic (exact) mass is 170 g/mol. The first-order valence-corrected chi connectivity index (χ1v) is 6.02. The van der Waals surface area contributed by atoms with Gasteiger partial charge in [-0.1, -0.05) is 13.3 Å². The number of aromatic amines is 1. The topological polar surface area (TPSA) is 28.7 Å². The molecule has 62 valence electrons. The van der Waals surface area contributed by atoms with Crippen molar-refractivity contribution in [3.8, 4) is 0 Å². The summed E-state index contributed by atoms with van der Waals surface area (Å²) in [5.74, 6) is 0. The standard InChI is InChI=1S/C8H15N2P/c1-3-4-7-11(2)8-9-5-6-10-8/h5-6H,3-4,7H2,1-2H3,(H,9,10). The largest absolute Gasteiger partial charge is 0.345 e. The molecule has 0 bridgehead atoms. The molecule has 3 heteroatoms. The Morgan fingerprint density at radius 2 is 2.45 bits per heavy atom. The highest BCUT2D eigenvalue weighted by Gasteiger charge is 2.04. The van der Waals surface area contributed by atoms with E-state index in [0.29, 0.717) is 0 Å². The van der Waals surface area contributed by atoms with Crippen molar-refractivity contribution >= 4 is 13.5 Å². The number of aromatic nitrogens is 2. The minimum Gasteiger partial charge on any atom is -0.345 e. The van der Waals surface area contributed by atoms with Gasteiger partial charge in [-0.15, -0.1) is 0 Å². The molecule has 1 rings (SSSR count). The Kier molecular flexibility index (Phi) is 3.58. The Morgan fingerprint density at radius 1 is 1.64 bits per heavy atom. The highest BCUT2D eigenvalue weighted by molar-refractivity contribution is 7.64. The molecule has 0 aliphatic carbocycles. The van der Waals surface area contributed by atoms with Crippen LogP contribution in [0.3, 0.4) is 0 Å². The lowest BCUT2D eigenvalue weighted by Crippen LogP contribution is -2.06. The van der Waals surface area contributed by atoms with Gasteiger partial charge in [0.05, 0.1) is 0 Å². The Balaban J connectivity index is 2.36. The van der Waals surface area contributed by atoms with Gasteiger partial charge in [0.15, 0.2) is 0 Å². The fourth-order valence-corrected chi connectivity index (χ4v) is 2.53. The molecule has 0 saturated carbocycles. The van der Waals surface area contributed by atoms with Crippen LogP contribution >= 0.6 is 7.92 Å². The van der Waals surface area contributed by atoms with Gasteiger partial charge >= 0.3 is 0 Å². The van der Waals surface area contributed by atoms with Crippen LogP contribution in [0.25, 0.3) is 0 Å². The van der Waals surface area contributed by atoms with Gasteiger partial charge in [-0.3, -0.25) is 0 Å². The minimum absolute atomic E-state index is 0.0112. The van der Waals surface area contributed by atoms with E-state index in [2.05, 4.69) is 23.6 Å².